The van der Waals surface area contributed by atoms with Crippen molar-refractivity contribution < 1.29 is 4.79 Å². The van der Waals surface area contributed by atoms with E-state index in [1.54, 1.807) is 0 Å². The van der Waals surface area contributed by atoms with Crippen LogP contribution in [-0.4, -0.2) is 11.0 Å². The van der Waals surface area contributed by atoms with E-state index < -0.39 is 0 Å². The van der Waals surface area contributed by atoms with Crippen LogP contribution in [0.15, 0.2) is 0 Å². The third-order valence-corrected chi connectivity index (χ3v) is 2.27. The molecule has 0 rings (SSSR count). The van der Waals surface area contributed by atoms with Crippen molar-refractivity contribution in [2.45, 2.75) is 39.0 Å². The molecule has 0 atom stereocenters. The molecule has 0 saturated carbocycles. The number of carbonyl (C=O) groups is 1. The maximum atomic E-state index is 10.3. The SMILES string of the molecule is CCCCCCCSC(N)=O. The molecule has 2 N–H and O–H groups in total. The molecular weight excluding hydrogens is 158 g/mol. The van der Waals surface area contributed by atoms with Crippen LogP contribution in [0.1, 0.15) is 39.0 Å². The molecule has 0 aliphatic carbocycles. The molecule has 0 aromatic heterocycles. The molecule has 1 amide bonds. The number of thioether (sulfide) groups is 1. The summed E-state index contributed by atoms with van der Waals surface area (Å²) >= 11 is 1.23. The van der Waals surface area contributed by atoms with E-state index in [1.807, 2.05) is 0 Å². The number of carbonyl (C=O) groups excluding carboxylic acids is 1. The van der Waals surface area contributed by atoms with Gasteiger partial charge in [0, 0.05) is 5.75 Å². The smallest absolute Gasteiger partial charge is 0.276 e. The molecule has 11 heavy (non-hydrogen) atoms. The van der Waals surface area contributed by atoms with Crippen LogP contribution in [0.3, 0.4) is 0 Å². The van der Waals surface area contributed by atoms with Gasteiger partial charge in [-0.2, -0.15) is 0 Å². The van der Waals surface area contributed by atoms with Gasteiger partial charge < -0.3 is 5.73 Å². The Hall–Kier alpha value is -0.180. The van der Waals surface area contributed by atoms with Gasteiger partial charge in [0.1, 0.15) is 0 Å². The molecule has 66 valence electrons. The first-order valence-corrected chi connectivity index (χ1v) is 5.18. The fraction of sp³-hybridized carbons (Fsp3) is 0.875. The zero-order chi connectivity index (χ0) is 8.53. The fourth-order valence-electron chi connectivity index (χ4n) is 0.878. The van der Waals surface area contributed by atoms with E-state index in [1.165, 1.54) is 37.4 Å². The lowest BCUT2D eigenvalue weighted by Crippen LogP contribution is -2.02. The second-order valence-corrected chi connectivity index (χ2v) is 3.68. The van der Waals surface area contributed by atoms with Crippen LogP contribution in [-0.2, 0) is 0 Å². The van der Waals surface area contributed by atoms with E-state index in [-0.39, 0.29) is 5.24 Å². The highest BCUT2D eigenvalue weighted by Crippen LogP contribution is 2.07. The van der Waals surface area contributed by atoms with Crippen LogP contribution in [0.2, 0.25) is 0 Å². The van der Waals surface area contributed by atoms with E-state index >= 15 is 0 Å². The third kappa shape index (κ3) is 9.82. The summed E-state index contributed by atoms with van der Waals surface area (Å²) in [5, 5.41) is -0.250. The van der Waals surface area contributed by atoms with E-state index in [9.17, 15) is 4.79 Å². The number of nitrogens with two attached hydrogens (primary N) is 1. The van der Waals surface area contributed by atoms with Crippen LogP contribution in [0.25, 0.3) is 0 Å². The number of unbranched alkanes of at least 4 members (excludes halogenated alkanes) is 4. The molecule has 2 nitrogen and oxygen atoms in total. The van der Waals surface area contributed by atoms with Gasteiger partial charge in [-0.05, 0) is 6.42 Å². The summed E-state index contributed by atoms with van der Waals surface area (Å²) in [6, 6.07) is 0. The minimum absolute atomic E-state index is 0.250. The Bertz CT molecular complexity index is 106. The van der Waals surface area contributed by atoms with Gasteiger partial charge >= 0.3 is 0 Å². The molecule has 3 heteroatoms. The Morgan fingerprint density at radius 2 is 1.91 bits per heavy atom. The van der Waals surface area contributed by atoms with Gasteiger partial charge in [0.2, 0.25) is 0 Å². The largest absolute Gasteiger partial charge is 0.361 e. The van der Waals surface area contributed by atoms with Gasteiger partial charge in [0.15, 0.2) is 0 Å². The Morgan fingerprint density at radius 1 is 1.27 bits per heavy atom. The van der Waals surface area contributed by atoms with Gasteiger partial charge in [-0.15, -0.1) is 0 Å². The number of primary amides is 1. The van der Waals surface area contributed by atoms with Crippen LogP contribution >= 0.6 is 11.8 Å². The zero-order valence-electron chi connectivity index (χ0n) is 7.14. The summed E-state index contributed by atoms with van der Waals surface area (Å²) in [6.07, 6.45) is 6.21. The summed E-state index contributed by atoms with van der Waals surface area (Å²) in [7, 11) is 0. The minimum Gasteiger partial charge on any atom is -0.361 e. The van der Waals surface area contributed by atoms with Gasteiger partial charge in [-0.3, -0.25) is 4.79 Å². The summed E-state index contributed by atoms with van der Waals surface area (Å²) in [4.78, 5) is 10.3. The van der Waals surface area contributed by atoms with Crippen molar-refractivity contribution in [2.24, 2.45) is 5.73 Å². The maximum Gasteiger partial charge on any atom is 0.276 e. The minimum atomic E-state index is -0.250. The Labute approximate surface area is 72.9 Å². The molecule has 0 fully saturated rings. The maximum absolute atomic E-state index is 10.3. The van der Waals surface area contributed by atoms with Crippen molar-refractivity contribution in [3.63, 3.8) is 0 Å². The van der Waals surface area contributed by atoms with Crippen LogP contribution < -0.4 is 5.73 Å². The first-order chi connectivity index (χ1) is 5.27. The summed E-state index contributed by atoms with van der Waals surface area (Å²) in [5.41, 5.74) is 4.96. The first-order valence-electron chi connectivity index (χ1n) is 4.19. The first kappa shape index (κ1) is 10.8. The number of hydrogen-bond donors (Lipinski definition) is 1. The van der Waals surface area contributed by atoms with Crippen LogP contribution in [0.5, 0.6) is 0 Å². The average molecular weight is 175 g/mol. The van der Waals surface area contributed by atoms with Crippen molar-refractivity contribution in [1.29, 1.82) is 0 Å². The molecule has 0 saturated heterocycles. The summed E-state index contributed by atoms with van der Waals surface area (Å²) < 4.78 is 0. The van der Waals surface area contributed by atoms with E-state index in [2.05, 4.69) is 6.92 Å². The highest BCUT2D eigenvalue weighted by atomic mass is 32.2. The zero-order valence-corrected chi connectivity index (χ0v) is 7.95. The molecule has 0 aromatic rings. The van der Waals surface area contributed by atoms with Gasteiger partial charge in [0.05, 0.1) is 0 Å². The van der Waals surface area contributed by atoms with E-state index in [0.29, 0.717) is 0 Å². The highest BCUT2D eigenvalue weighted by Gasteiger charge is 1.93. The Morgan fingerprint density at radius 3 is 2.45 bits per heavy atom. The normalized spacial score (nSPS) is 9.91. The second-order valence-electron chi connectivity index (χ2n) is 2.58. The topological polar surface area (TPSA) is 43.1 Å². The van der Waals surface area contributed by atoms with Crippen molar-refractivity contribution in [1.82, 2.24) is 0 Å². The number of rotatable bonds is 6. The van der Waals surface area contributed by atoms with Gasteiger partial charge in [-0.1, -0.05) is 44.4 Å². The molecule has 0 heterocycles. The van der Waals surface area contributed by atoms with Crippen LogP contribution in [0.4, 0.5) is 4.79 Å². The second kappa shape index (κ2) is 7.92. The van der Waals surface area contributed by atoms with Gasteiger partial charge in [-0.25, -0.2) is 0 Å². The average Bonchev–Trinajstić information content (AvgIpc) is 1.96. The standard InChI is InChI=1S/C8H17NOS/c1-2-3-4-5-6-7-11-8(9)10/h2-7H2,1H3,(H2,9,10). The lowest BCUT2D eigenvalue weighted by molar-refractivity contribution is 0.267. The number of amides is 1. The fourth-order valence-corrected chi connectivity index (χ4v) is 1.43. The third-order valence-electron chi connectivity index (χ3n) is 1.49. The van der Waals surface area contributed by atoms with Crippen molar-refractivity contribution in [2.75, 3.05) is 5.75 Å². The monoisotopic (exact) mass is 175 g/mol. The lowest BCUT2D eigenvalue weighted by Gasteiger charge is -1.97. The van der Waals surface area contributed by atoms with Crippen LogP contribution in [0, 0.1) is 0 Å². The quantitative estimate of drug-likeness (QED) is 0.631. The molecule has 0 aromatic carbocycles. The molecule has 0 radical (unpaired) electrons. The number of hydrogen-bond acceptors (Lipinski definition) is 2. The predicted molar refractivity (Wildman–Crippen MR) is 50.8 cm³/mol. The van der Waals surface area contributed by atoms with Crippen molar-refractivity contribution >= 4 is 17.0 Å². The Balaban J connectivity index is 2.85. The predicted octanol–water partition coefficient (Wildman–Crippen LogP) is 2.77. The molecule has 0 unspecified atom stereocenters. The lowest BCUT2D eigenvalue weighted by atomic mass is 10.2. The summed E-state index contributed by atoms with van der Waals surface area (Å²) in [6.45, 7) is 2.19. The highest BCUT2D eigenvalue weighted by molar-refractivity contribution is 8.13. The molecule has 0 bridgehead atoms. The molecule has 0 aliphatic heterocycles. The van der Waals surface area contributed by atoms with E-state index in [0.717, 1.165) is 12.2 Å². The van der Waals surface area contributed by atoms with Gasteiger partial charge in [0.25, 0.3) is 5.24 Å². The molecule has 0 spiro atoms. The van der Waals surface area contributed by atoms with Crippen molar-refractivity contribution in [3.05, 3.63) is 0 Å². The Kier molecular flexibility index (Phi) is 7.79. The summed E-state index contributed by atoms with van der Waals surface area (Å²) in [5.74, 6) is 0.888. The molecular formula is C8H17NOS. The molecule has 0 aliphatic rings. The van der Waals surface area contributed by atoms with E-state index in [4.69, 9.17) is 5.73 Å². The van der Waals surface area contributed by atoms with Crippen molar-refractivity contribution in [3.8, 4) is 0 Å².